The first-order valence-electron chi connectivity index (χ1n) is 5.01. The predicted octanol–water partition coefficient (Wildman–Crippen LogP) is 3.72. The number of hydrogen-bond acceptors (Lipinski definition) is 0. The van der Waals surface area contributed by atoms with E-state index < -0.39 is 0 Å². The maximum Gasteiger partial charge on any atom is 0.230 e. The zero-order valence-electron chi connectivity index (χ0n) is 8.21. The maximum absolute atomic E-state index is 13.4. The van der Waals surface area contributed by atoms with E-state index in [1.807, 2.05) is 0 Å². The highest BCUT2D eigenvalue weighted by atomic mass is 35.5. The monoisotopic (exact) mass is 223 g/mol. The molecule has 2 rings (SSSR count). The minimum atomic E-state index is -0.295. The molecule has 1 aliphatic carbocycles. The Bertz CT molecular complexity index is 407. The second kappa shape index (κ2) is 4.20. The van der Waals surface area contributed by atoms with Gasteiger partial charge < -0.3 is 4.85 Å². The summed E-state index contributed by atoms with van der Waals surface area (Å²) in [7, 11) is 0. The lowest BCUT2D eigenvalue weighted by atomic mass is 10.0. The molecule has 0 amide bonds. The summed E-state index contributed by atoms with van der Waals surface area (Å²) in [6.45, 7) is 7.07. The average Bonchev–Trinajstić information content (AvgIpc) is 3.00. The highest BCUT2D eigenvalue weighted by Crippen LogP contribution is 2.36. The summed E-state index contributed by atoms with van der Waals surface area (Å²) in [6, 6.07) is 4.61. The summed E-state index contributed by atoms with van der Waals surface area (Å²) < 4.78 is 13.4. The van der Waals surface area contributed by atoms with Gasteiger partial charge in [-0.2, -0.15) is 0 Å². The fourth-order valence-electron chi connectivity index (χ4n) is 1.71. The van der Waals surface area contributed by atoms with Gasteiger partial charge in [-0.25, -0.2) is 11.0 Å². The zero-order valence-corrected chi connectivity index (χ0v) is 8.97. The second-order valence-electron chi connectivity index (χ2n) is 3.97. The van der Waals surface area contributed by atoms with E-state index in [2.05, 4.69) is 4.85 Å². The van der Waals surface area contributed by atoms with Crippen LogP contribution in [-0.4, -0.2) is 6.04 Å². The normalized spacial score (nSPS) is 17.1. The molecule has 78 valence electrons. The van der Waals surface area contributed by atoms with Crippen LogP contribution in [0.4, 0.5) is 4.39 Å². The zero-order chi connectivity index (χ0) is 10.8. The third kappa shape index (κ3) is 2.49. The quantitative estimate of drug-likeness (QED) is 0.688. The fourth-order valence-corrected chi connectivity index (χ4v) is 1.87. The summed E-state index contributed by atoms with van der Waals surface area (Å²) in [6.07, 6.45) is 2.74. The summed E-state index contributed by atoms with van der Waals surface area (Å²) in [4.78, 5) is 3.56. The van der Waals surface area contributed by atoms with Gasteiger partial charge in [-0.15, -0.1) is 0 Å². The van der Waals surface area contributed by atoms with E-state index in [4.69, 9.17) is 18.2 Å². The molecule has 0 aliphatic heterocycles. The van der Waals surface area contributed by atoms with Crippen molar-refractivity contribution >= 4 is 11.6 Å². The molecule has 0 radical (unpaired) electrons. The Morgan fingerprint density at radius 1 is 1.53 bits per heavy atom. The molecule has 1 aliphatic rings. The lowest BCUT2D eigenvalue weighted by Gasteiger charge is -2.05. The van der Waals surface area contributed by atoms with Gasteiger partial charge in [-0.3, -0.25) is 0 Å². The van der Waals surface area contributed by atoms with Gasteiger partial charge in [-0.1, -0.05) is 17.7 Å². The SMILES string of the molecule is [C-]#[N+]C(Cc1ccc(Cl)cc1F)C1CC1. The number of hydrogen-bond donors (Lipinski definition) is 0. The van der Waals surface area contributed by atoms with Crippen molar-refractivity contribution in [3.8, 4) is 0 Å². The van der Waals surface area contributed by atoms with Crippen LogP contribution >= 0.6 is 11.6 Å². The van der Waals surface area contributed by atoms with E-state index in [1.54, 1.807) is 12.1 Å². The molecule has 15 heavy (non-hydrogen) atoms. The van der Waals surface area contributed by atoms with Crippen LogP contribution in [0.2, 0.25) is 5.02 Å². The molecular formula is C12H11ClFN. The second-order valence-corrected chi connectivity index (χ2v) is 4.41. The molecule has 0 saturated heterocycles. The molecular weight excluding hydrogens is 213 g/mol. The molecule has 1 saturated carbocycles. The maximum atomic E-state index is 13.4. The average molecular weight is 224 g/mol. The molecule has 3 heteroatoms. The lowest BCUT2D eigenvalue weighted by Crippen LogP contribution is -2.10. The van der Waals surface area contributed by atoms with Crippen LogP contribution in [0.5, 0.6) is 0 Å². The van der Waals surface area contributed by atoms with Crippen molar-refractivity contribution in [3.63, 3.8) is 0 Å². The van der Waals surface area contributed by atoms with Gasteiger partial charge in [0.05, 0.1) is 6.42 Å². The molecule has 1 aromatic carbocycles. The molecule has 1 unspecified atom stereocenters. The molecule has 0 heterocycles. The van der Waals surface area contributed by atoms with E-state index in [0.717, 1.165) is 12.8 Å². The standard InChI is InChI=1S/C12H11ClFN/c1-15-12(8-2-3-8)6-9-4-5-10(13)7-11(9)14/h4-5,7-8,12H,2-3,6H2. The van der Waals surface area contributed by atoms with Gasteiger partial charge in [0.15, 0.2) is 0 Å². The van der Waals surface area contributed by atoms with Crippen molar-refractivity contribution < 1.29 is 4.39 Å². The van der Waals surface area contributed by atoms with Gasteiger partial charge in [0, 0.05) is 10.9 Å². The Balaban J connectivity index is 2.12. The molecule has 0 aromatic heterocycles. The summed E-state index contributed by atoms with van der Waals surface area (Å²) in [5, 5.41) is 0.405. The third-order valence-corrected chi connectivity index (χ3v) is 3.01. The number of benzene rings is 1. The van der Waals surface area contributed by atoms with Gasteiger partial charge in [-0.05, 0) is 30.5 Å². The molecule has 1 aromatic rings. The Hall–Kier alpha value is -1.07. The fraction of sp³-hybridized carbons (Fsp3) is 0.417. The summed E-state index contributed by atoms with van der Waals surface area (Å²) >= 11 is 5.66. The van der Waals surface area contributed by atoms with E-state index in [0.29, 0.717) is 22.9 Å². The molecule has 1 fully saturated rings. The van der Waals surface area contributed by atoms with Gasteiger partial charge >= 0.3 is 0 Å². The van der Waals surface area contributed by atoms with E-state index in [1.165, 1.54) is 6.07 Å². The van der Waals surface area contributed by atoms with Crippen LogP contribution in [0.15, 0.2) is 18.2 Å². The first-order valence-corrected chi connectivity index (χ1v) is 5.39. The highest BCUT2D eigenvalue weighted by molar-refractivity contribution is 6.30. The Morgan fingerprint density at radius 3 is 2.80 bits per heavy atom. The largest absolute Gasteiger partial charge is 0.313 e. The topological polar surface area (TPSA) is 4.36 Å². The minimum absolute atomic E-state index is 0.0549. The Labute approximate surface area is 93.7 Å². The number of rotatable bonds is 3. The first kappa shape index (κ1) is 10.4. The van der Waals surface area contributed by atoms with E-state index >= 15 is 0 Å². The van der Waals surface area contributed by atoms with E-state index in [-0.39, 0.29) is 11.9 Å². The summed E-state index contributed by atoms with van der Waals surface area (Å²) in [5.41, 5.74) is 0.604. The molecule has 1 atom stereocenters. The first-order chi connectivity index (χ1) is 7.20. The lowest BCUT2D eigenvalue weighted by molar-refractivity contribution is 0.587. The minimum Gasteiger partial charge on any atom is -0.313 e. The van der Waals surface area contributed by atoms with Gasteiger partial charge in [0.1, 0.15) is 5.82 Å². The van der Waals surface area contributed by atoms with Crippen LogP contribution in [0, 0.1) is 18.3 Å². The molecule has 0 bridgehead atoms. The van der Waals surface area contributed by atoms with Crippen LogP contribution in [0.1, 0.15) is 18.4 Å². The van der Waals surface area contributed by atoms with Crippen molar-refractivity contribution in [2.24, 2.45) is 5.92 Å². The predicted molar refractivity (Wildman–Crippen MR) is 58.2 cm³/mol. The van der Waals surface area contributed by atoms with Crippen LogP contribution in [0.3, 0.4) is 0 Å². The van der Waals surface area contributed by atoms with Crippen LogP contribution in [-0.2, 0) is 6.42 Å². The molecule has 0 spiro atoms. The smallest absolute Gasteiger partial charge is 0.230 e. The van der Waals surface area contributed by atoms with Crippen LogP contribution < -0.4 is 0 Å². The van der Waals surface area contributed by atoms with Crippen molar-refractivity contribution in [2.75, 3.05) is 0 Å². The molecule has 0 N–H and O–H groups in total. The Morgan fingerprint density at radius 2 is 2.27 bits per heavy atom. The van der Waals surface area contributed by atoms with Gasteiger partial charge in [0.2, 0.25) is 6.04 Å². The van der Waals surface area contributed by atoms with Crippen molar-refractivity contribution in [1.29, 1.82) is 0 Å². The van der Waals surface area contributed by atoms with Crippen molar-refractivity contribution in [1.82, 2.24) is 0 Å². The summed E-state index contributed by atoms with van der Waals surface area (Å²) in [5.74, 6) is 0.189. The highest BCUT2D eigenvalue weighted by Gasteiger charge is 2.36. The van der Waals surface area contributed by atoms with Crippen molar-refractivity contribution in [2.45, 2.75) is 25.3 Å². The Kier molecular flexibility index (Phi) is 2.93. The van der Waals surface area contributed by atoms with Gasteiger partial charge in [0.25, 0.3) is 0 Å². The van der Waals surface area contributed by atoms with Crippen molar-refractivity contribution in [3.05, 3.63) is 46.0 Å². The van der Waals surface area contributed by atoms with Crippen LogP contribution in [0.25, 0.3) is 4.85 Å². The molecule has 1 nitrogen and oxygen atoms in total. The number of halogens is 2. The number of nitrogens with zero attached hydrogens (tertiary/aromatic N) is 1. The third-order valence-electron chi connectivity index (χ3n) is 2.78. The van der Waals surface area contributed by atoms with E-state index in [9.17, 15) is 4.39 Å².